The highest BCUT2D eigenvalue weighted by atomic mass is 32.1. The number of nitrogens with one attached hydrogen (secondary N) is 1. The molecule has 0 aliphatic rings. The van der Waals surface area contributed by atoms with E-state index in [9.17, 15) is 9.59 Å². The number of anilines is 2. The molecule has 2 aromatic heterocycles. The summed E-state index contributed by atoms with van der Waals surface area (Å²) in [6.07, 6.45) is 2.73. The van der Waals surface area contributed by atoms with Gasteiger partial charge in [-0.05, 0) is 24.3 Å². The summed E-state index contributed by atoms with van der Waals surface area (Å²) >= 11 is 1.20. The first-order chi connectivity index (χ1) is 10.0. The predicted octanol–water partition coefficient (Wildman–Crippen LogP) is 2.30. The van der Waals surface area contributed by atoms with Gasteiger partial charge in [0, 0.05) is 16.6 Å². The fourth-order valence-corrected chi connectivity index (χ4v) is 2.63. The molecule has 0 bridgehead atoms. The molecule has 0 saturated carbocycles. The number of carbonyl (C=O) groups is 2. The Morgan fingerprint density at radius 1 is 1.48 bits per heavy atom. The summed E-state index contributed by atoms with van der Waals surface area (Å²) in [5.74, 6) is -0.516. The number of hydrogen-bond donors (Lipinski definition) is 2. The lowest BCUT2D eigenvalue weighted by Crippen LogP contribution is -2.10. The molecule has 0 aromatic carbocycles. The molecule has 3 N–H and O–H groups in total. The maximum atomic E-state index is 11.8. The average Bonchev–Trinajstić information content (AvgIpc) is 2.90. The van der Waals surface area contributed by atoms with Gasteiger partial charge in [-0.3, -0.25) is 4.79 Å². The van der Waals surface area contributed by atoms with Crippen LogP contribution in [0.1, 0.15) is 9.67 Å². The van der Waals surface area contributed by atoms with Crippen LogP contribution in [-0.2, 0) is 9.53 Å². The van der Waals surface area contributed by atoms with Crippen molar-refractivity contribution < 1.29 is 14.3 Å². The molecule has 1 amide bonds. The first-order valence-electron chi connectivity index (χ1n) is 5.92. The summed E-state index contributed by atoms with van der Waals surface area (Å²) in [6, 6.07) is 5.13. The van der Waals surface area contributed by atoms with Gasteiger partial charge in [0.25, 0.3) is 0 Å². The van der Waals surface area contributed by atoms with Gasteiger partial charge >= 0.3 is 5.97 Å². The molecular weight excluding hydrogens is 290 g/mol. The van der Waals surface area contributed by atoms with E-state index in [1.54, 1.807) is 24.4 Å². The number of amides is 1. The van der Waals surface area contributed by atoms with Crippen molar-refractivity contribution in [3.05, 3.63) is 41.9 Å². The second-order valence-corrected chi connectivity index (χ2v) is 5.06. The molecule has 0 radical (unpaired) electrons. The summed E-state index contributed by atoms with van der Waals surface area (Å²) in [7, 11) is 1.28. The van der Waals surface area contributed by atoms with Crippen LogP contribution in [0.5, 0.6) is 0 Å². The highest BCUT2D eigenvalue weighted by Gasteiger charge is 2.18. The van der Waals surface area contributed by atoms with E-state index in [-0.39, 0.29) is 0 Å². The third-order valence-electron chi connectivity index (χ3n) is 2.62. The van der Waals surface area contributed by atoms with Gasteiger partial charge in [0.15, 0.2) is 0 Å². The van der Waals surface area contributed by atoms with Crippen LogP contribution in [0.2, 0.25) is 0 Å². The molecule has 2 aromatic rings. The lowest BCUT2D eigenvalue weighted by atomic mass is 10.2. The number of pyridine rings is 1. The Hall–Kier alpha value is -2.67. The molecule has 0 atom stereocenters. The Morgan fingerprint density at radius 3 is 2.81 bits per heavy atom. The number of nitrogens with zero attached hydrogens (tertiary/aromatic N) is 1. The maximum absolute atomic E-state index is 11.8. The fraction of sp³-hybridized carbons (Fsp3) is 0.0714. The summed E-state index contributed by atoms with van der Waals surface area (Å²) < 4.78 is 4.72. The SMILES string of the molecule is C=CC(=O)Nc1cc(-c2ccc(N)nc2)sc1C(=O)OC. The summed E-state index contributed by atoms with van der Waals surface area (Å²) in [6.45, 7) is 3.38. The fourth-order valence-electron chi connectivity index (χ4n) is 1.61. The van der Waals surface area contributed by atoms with Gasteiger partial charge in [-0.1, -0.05) is 6.58 Å². The van der Waals surface area contributed by atoms with Crippen LogP contribution in [0.3, 0.4) is 0 Å². The number of nitrogens with two attached hydrogens (primary N) is 1. The highest BCUT2D eigenvalue weighted by Crippen LogP contribution is 2.35. The zero-order valence-electron chi connectivity index (χ0n) is 11.3. The number of esters is 1. The summed E-state index contributed by atoms with van der Waals surface area (Å²) in [5.41, 5.74) is 6.71. The van der Waals surface area contributed by atoms with Crippen LogP contribution in [-0.4, -0.2) is 24.0 Å². The van der Waals surface area contributed by atoms with Crippen molar-refractivity contribution in [3.63, 3.8) is 0 Å². The minimum atomic E-state index is -0.519. The van der Waals surface area contributed by atoms with E-state index in [0.717, 1.165) is 16.5 Å². The van der Waals surface area contributed by atoms with Crippen molar-refractivity contribution in [1.29, 1.82) is 0 Å². The Morgan fingerprint density at radius 2 is 2.24 bits per heavy atom. The van der Waals surface area contributed by atoms with E-state index in [4.69, 9.17) is 10.5 Å². The minimum Gasteiger partial charge on any atom is -0.465 e. The number of hydrogen-bond acceptors (Lipinski definition) is 6. The van der Waals surface area contributed by atoms with Gasteiger partial charge in [0.2, 0.25) is 5.91 Å². The molecule has 0 spiro atoms. The van der Waals surface area contributed by atoms with Crippen molar-refractivity contribution in [1.82, 2.24) is 4.98 Å². The van der Waals surface area contributed by atoms with E-state index >= 15 is 0 Å². The second kappa shape index (κ2) is 6.19. The van der Waals surface area contributed by atoms with Crippen LogP contribution < -0.4 is 11.1 Å². The normalized spacial score (nSPS) is 9.95. The van der Waals surface area contributed by atoms with Crippen LogP contribution in [0.25, 0.3) is 10.4 Å². The zero-order valence-corrected chi connectivity index (χ0v) is 12.1. The number of nitrogen functional groups attached to an aromatic ring is 1. The largest absolute Gasteiger partial charge is 0.465 e. The van der Waals surface area contributed by atoms with Gasteiger partial charge in [-0.25, -0.2) is 9.78 Å². The smallest absolute Gasteiger partial charge is 0.350 e. The van der Waals surface area contributed by atoms with E-state index in [1.807, 2.05) is 0 Å². The average molecular weight is 303 g/mol. The number of rotatable bonds is 4. The Labute approximate surface area is 125 Å². The Balaban J connectivity index is 2.44. The second-order valence-electron chi connectivity index (χ2n) is 4.01. The van der Waals surface area contributed by atoms with E-state index < -0.39 is 11.9 Å². The Kier molecular flexibility index (Phi) is 4.34. The van der Waals surface area contributed by atoms with Crippen molar-refractivity contribution in [3.8, 4) is 10.4 Å². The predicted molar refractivity (Wildman–Crippen MR) is 82.1 cm³/mol. The number of aromatic nitrogens is 1. The molecule has 2 heterocycles. The van der Waals surface area contributed by atoms with Crippen molar-refractivity contribution in [2.24, 2.45) is 0 Å². The third kappa shape index (κ3) is 3.26. The standard InChI is InChI=1S/C14H13N3O3S/c1-3-12(18)17-9-6-10(21-13(9)14(19)20-2)8-4-5-11(15)16-7-8/h3-7H,1H2,2H3,(H2,15,16)(H,17,18). The van der Waals surface area contributed by atoms with Crippen molar-refractivity contribution in [2.45, 2.75) is 0 Å². The van der Waals surface area contributed by atoms with Gasteiger partial charge < -0.3 is 15.8 Å². The number of thiophene rings is 1. The van der Waals surface area contributed by atoms with Gasteiger partial charge in [-0.15, -0.1) is 11.3 Å². The number of methoxy groups -OCH3 is 1. The number of carbonyl (C=O) groups excluding carboxylic acids is 2. The minimum absolute atomic E-state index is 0.305. The summed E-state index contributed by atoms with van der Waals surface area (Å²) in [5, 5.41) is 2.58. The Bertz CT molecular complexity index is 692. The lowest BCUT2D eigenvalue weighted by molar-refractivity contribution is -0.111. The van der Waals surface area contributed by atoms with E-state index in [0.29, 0.717) is 16.4 Å². The number of ether oxygens (including phenoxy) is 1. The summed E-state index contributed by atoms with van der Waals surface area (Å²) in [4.78, 5) is 28.3. The van der Waals surface area contributed by atoms with Gasteiger partial charge in [0.05, 0.1) is 12.8 Å². The molecule has 0 saturated heterocycles. The van der Waals surface area contributed by atoms with Crippen LogP contribution >= 0.6 is 11.3 Å². The van der Waals surface area contributed by atoms with Gasteiger partial charge in [0.1, 0.15) is 10.7 Å². The zero-order chi connectivity index (χ0) is 15.4. The molecule has 108 valence electrons. The quantitative estimate of drug-likeness (QED) is 0.667. The monoisotopic (exact) mass is 303 g/mol. The van der Waals surface area contributed by atoms with Gasteiger partial charge in [-0.2, -0.15) is 0 Å². The molecular formula is C14H13N3O3S. The molecule has 21 heavy (non-hydrogen) atoms. The molecule has 0 aliphatic carbocycles. The topological polar surface area (TPSA) is 94.3 Å². The van der Waals surface area contributed by atoms with Crippen LogP contribution in [0, 0.1) is 0 Å². The molecule has 7 heteroatoms. The first-order valence-corrected chi connectivity index (χ1v) is 6.74. The molecule has 2 rings (SSSR count). The molecule has 6 nitrogen and oxygen atoms in total. The van der Waals surface area contributed by atoms with Crippen LogP contribution in [0.15, 0.2) is 37.1 Å². The van der Waals surface area contributed by atoms with E-state index in [1.165, 1.54) is 18.4 Å². The van der Waals surface area contributed by atoms with Crippen molar-refractivity contribution >= 4 is 34.7 Å². The maximum Gasteiger partial charge on any atom is 0.350 e. The third-order valence-corrected chi connectivity index (χ3v) is 3.78. The first kappa shape index (κ1) is 14.7. The molecule has 0 unspecified atom stereocenters. The van der Waals surface area contributed by atoms with E-state index in [2.05, 4.69) is 16.9 Å². The van der Waals surface area contributed by atoms with Crippen LogP contribution in [0.4, 0.5) is 11.5 Å². The highest BCUT2D eigenvalue weighted by molar-refractivity contribution is 7.18. The molecule has 0 aliphatic heterocycles. The lowest BCUT2D eigenvalue weighted by Gasteiger charge is -2.01. The molecule has 0 fully saturated rings. The van der Waals surface area contributed by atoms with Crippen molar-refractivity contribution in [2.75, 3.05) is 18.2 Å².